The van der Waals surface area contributed by atoms with Crippen LogP contribution in [0.15, 0.2) is 30.5 Å². The first-order valence-electron chi connectivity index (χ1n) is 10.7. The Balaban J connectivity index is 1.51. The van der Waals surface area contributed by atoms with Gasteiger partial charge in [0.05, 0.1) is 17.8 Å². The van der Waals surface area contributed by atoms with E-state index in [9.17, 15) is 5.11 Å². The molecule has 2 fully saturated rings. The number of likely N-dealkylation sites (tertiary alicyclic amines) is 1. The predicted octanol–water partition coefficient (Wildman–Crippen LogP) is 4.74. The van der Waals surface area contributed by atoms with Gasteiger partial charge >= 0.3 is 0 Å². The van der Waals surface area contributed by atoms with Crippen molar-refractivity contribution in [2.75, 3.05) is 13.1 Å². The first-order chi connectivity index (χ1) is 13.7. The quantitative estimate of drug-likeness (QED) is 0.648. The molecule has 1 aromatic carbocycles. The molecule has 0 bridgehead atoms. The summed E-state index contributed by atoms with van der Waals surface area (Å²) >= 11 is 6.09. The number of aliphatic hydroxyl groups excluding tert-OH is 1. The molecule has 0 spiro atoms. The molecule has 2 aliphatic rings. The molecule has 0 radical (unpaired) electrons. The second-order valence-electron chi connectivity index (χ2n) is 8.39. The molecule has 0 amide bonds. The summed E-state index contributed by atoms with van der Waals surface area (Å²) < 4.78 is 1.91. The van der Waals surface area contributed by atoms with Gasteiger partial charge in [-0.05, 0) is 49.9 Å². The molecule has 1 aromatic heterocycles. The minimum atomic E-state index is -0.429. The van der Waals surface area contributed by atoms with Crippen LogP contribution in [0.4, 0.5) is 0 Å². The van der Waals surface area contributed by atoms with Gasteiger partial charge in [-0.1, -0.05) is 55.1 Å². The Kier molecular flexibility index (Phi) is 6.34. The molecule has 6 heteroatoms. The van der Waals surface area contributed by atoms with E-state index in [4.69, 9.17) is 11.6 Å². The highest BCUT2D eigenvalue weighted by molar-refractivity contribution is 6.30. The smallest absolute Gasteiger partial charge is 0.0923 e. The number of hydrogen-bond donors (Lipinski definition) is 1. The van der Waals surface area contributed by atoms with Crippen LogP contribution in [-0.4, -0.2) is 44.2 Å². The summed E-state index contributed by atoms with van der Waals surface area (Å²) in [6.45, 7) is 4.08. The molecule has 1 N–H and O–H groups in total. The summed E-state index contributed by atoms with van der Waals surface area (Å²) in [5.74, 6) is 0.585. The fourth-order valence-corrected chi connectivity index (χ4v) is 4.45. The largest absolute Gasteiger partial charge is 0.391 e. The minimum Gasteiger partial charge on any atom is -0.391 e. The van der Waals surface area contributed by atoms with Gasteiger partial charge in [-0.15, -0.1) is 5.10 Å². The first kappa shape index (κ1) is 19.9. The number of aromatic nitrogens is 3. The number of rotatable bonds is 8. The predicted molar refractivity (Wildman–Crippen MR) is 112 cm³/mol. The number of halogens is 1. The van der Waals surface area contributed by atoms with Crippen molar-refractivity contribution < 1.29 is 5.11 Å². The number of benzene rings is 1. The normalized spacial score (nSPS) is 25.9. The van der Waals surface area contributed by atoms with Gasteiger partial charge in [0.25, 0.3) is 0 Å². The van der Waals surface area contributed by atoms with Gasteiger partial charge in [-0.3, -0.25) is 4.90 Å². The summed E-state index contributed by atoms with van der Waals surface area (Å²) in [6, 6.07) is 8.28. The van der Waals surface area contributed by atoms with Crippen molar-refractivity contribution in [3.05, 3.63) is 46.7 Å². The second-order valence-corrected chi connectivity index (χ2v) is 8.83. The summed E-state index contributed by atoms with van der Waals surface area (Å²) in [4.78, 5) is 2.52. The van der Waals surface area contributed by atoms with Crippen LogP contribution >= 0.6 is 11.6 Å². The Morgan fingerprint density at radius 2 is 1.93 bits per heavy atom. The Hall–Kier alpha value is -1.43. The SMILES string of the molecule is CCCCCCN1C[C@H](n2cc(C3CC3)nn2)[C@@H](O)C[C@H]1c1ccc(Cl)cc1. The lowest BCUT2D eigenvalue weighted by Crippen LogP contribution is -2.46. The zero-order chi connectivity index (χ0) is 19.5. The zero-order valence-electron chi connectivity index (χ0n) is 16.7. The third kappa shape index (κ3) is 4.58. The van der Waals surface area contributed by atoms with Crippen molar-refractivity contribution in [1.82, 2.24) is 19.9 Å². The van der Waals surface area contributed by atoms with Crippen molar-refractivity contribution in [1.29, 1.82) is 0 Å². The summed E-state index contributed by atoms with van der Waals surface area (Å²) in [7, 11) is 0. The maximum absolute atomic E-state index is 11.0. The van der Waals surface area contributed by atoms with Gasteiger partial charge in [-0.25, -0.2) is 4.68 Å². The molecule has 1 saturated carbocycles. The molecule has 2 heterocycles. The molecule has 28 heavy (non-hydrogen) atoms. The average molecular weight is 403 g/mol. The van der Waals surface area contributed by atoms with Crippen LogP contribution in [0.1, 0.15) is 81.1 Å². The van der Waals surface area contributed by atoms with E-state index in [1.54, 1.807) is 0 Å². The van der Waals surface area contributed by atoms with Crippen molar-refractivity contribution in [3.63, 3.8) is 0 Å². The monoisotopic (exact) mass is 402 g/mol. The highest BCUT2D eigenvalue weighted by Gasteiger charge is 2.37. The van der Waals surface area contributed by atoms with E-state index in [1.165, 1.54) is 44.1 Å². The van der Waals surface area contributed by atoms with Crippen molar-refractivity contribution >= 4 is 11.6 Å². The lowest BCUT2D eigenvalue weighted by atomic mass is 9.90. The molecule has 3 atom stereocenters. The number of unbranched alkanes of at least 4 members (excludes halogenated alkanes) is 3. The van der Waals surface area contributed by atoms with E-state index in [-0.39, 0.29) is 12.1 Å². The van der Waals surface area contributed by atoms with E-state index in [0.717, 1.165) is 23.8 Å². The zero-order valence-corrected chi connectivity index (χ0v) is 17.4. The fraction of sp³-hybridized carbons (Fsp3) is 0.636. The highest BCUT2D eigenvalue weighted by Crippen LogP contribution is 2.40. The van der Waals surface area contributed by atoms with Crippen molar-refractivity contribution in [2.24, 2.45) is 0 Å². The molecule has 5 nitrogen and oxygen atoms in total. The van der Waals surface area contributed by atoms with Gasteiger partial charge in [-0.2, -0.15) is 0 Å². The molecule has 0 unspecified atom stereocenters. The molecular formula is C22H31ClN4O. The maximum Gasteiger partial charge on any atom is 0.0923 e. The number of piperidine rings is 1. The molecule has 2 aromatic rings. The van der Waals surface area contributed by atoms with Crippen molar-refractivity contribution in [3.8, 4) is 0 Å². The van der Waals surface area contributed by atoms with Crippen LogP contribution in [-0.2, 0) is 0 Å². The van der Waals surface area contributed by atoms with E-state index in [0.29, 0.717) is 12.3 Å². The third-order valence-electron chi connectivity index (χ3n) is 6.19. The average Bonchev–Trinajstić information content (AvgIpc) is 3.44. The lowest BCUT2D eigenvalue weighted by Gasteiger charge is -2.42. The third-order valence-corrected chi connectivity index (χ3v) is 6.44. The fourth-order valence-electron chi connectivity index (χ4n) is 4.32. The van der Waals surface area contributed by atoms with Crippen LogP contribution in [0.2, 0.25) is 5.02 Å². The van der Waals surface area contributed by atoms with Crippen molar-refractivity contribution in [2.45, 2.75) is 76.0 Å². The van der Waals surface area contributed by atoms with Crippen LogP contribution in [0.3, 0.4) is 0 Å². The van der Waals surface area contributed by atoms with Gasteiger partial charge < -0.3 is 5.11 Å². The van der Waals surface area contributed by atoms with Gasteiger partial charge in [0.15, 0.2) is 0 Å². The Labute approximate surface area is 172 Å². The molecule has 1 aliphatic heterocycles. The molecular weight excluding hydrogens is 372 g/mol. The Morgan fingerprint density at radius 1 is 1.14 bits per heavy atom. The number of hydrogen-bond acceptors (Lipinski definition) is 4. The van der Waals surface area contributed by atoms with Crippen LogP contribution in [0, 0.1) is 0 Å². The summed E-state index contributed by atoms with van der Waals surface area (Å²) in [6.07, 6.45) is 9.73. The highest BCUT2D eigenvalue weighted by atomic mass is 35.5. The van der Waals surface area contributed by atoms with Crippen LogP contribution in [0.5, 0.6) is 0 Å². The lowest BCUT2D eigenvalue weighted by molar-refractivity contribution is -0.00775. The molecule has 1 aliphatic carbocycles. The van der Waals surface area contributed by atoms with Crippen LogP contribution < -0.4 is 0 Å². The first-order valence-corrected chi connectivity index (χ1v) is 11.1. The summed E-state index contributed by atoms with van der Waals surface area (Å²) in [5.41, 5.74) is 2.32. The minimum absolute atomic E-state index is 0.0327. The summed E-state index contributed by atoms with van der Waals surface area (Å²) in [5, 5.41) is 20.4. The van der Waals surface area contributed by atoms with Crippen LogP contribution in [0.25, 0.3) is 0 Å². The van der Waals surface area contributed by atoms with E-state index >= 15 is 0 Å². The topological polar surface area (TPSA) is 54.2 Å². The van der Waals surface area contributed by atoms with E-state index in [2.05, 4.69) is 40.5 Å². The molecule has 4 rings (SSSR count). The molecule has 152 valence electrons. The van der Waals surface area contributed by atoms with Gasteiger partial charge in [0.2, 0.25) is 0 Å². The van der Waals surface area contributed by atoms with Gasteiger partial charge in [0.1, 0.15) is 0 Å². The van der Waals surface area contributed by atoms with Gasteiger partial charge in [0, 0.05) is 29.7 Å². The number of aliphatic hydroxyl groups is 1. The van der Waals surface area contributed by atoms with E-state index in [1.807, 2.05) is 16.8 Å². The maximum atomic E-state index is 11.0. The number of nitrogens with zero attached hydrogens (tertiary/aromatic N) is 4. The second kappa shape index (κ2) is 8.93. The Bertz CT molecular complexity index is 758. The molecule has 1 saturated heterocycles. The standard InChI is InChI=1S/C22H31ClN4O/c1-2-3-4-5-12-26-15-21(27-14-19(24-25-27)16-6-7-16)22(28)13-20(26)17-8-10-18(23)11-9-17/h8-11,14,16,20-22,28H,2-7,12-13,15H2,1H3/t20-,21-,22-/m0/s1. The van der Waals surface area contributed by atoms with E-state index < -0.39 is 6.10 Å². The Morgan fingerprint density at radius 3 is 2.64 bits per heavy atom.